The van der Waals surface area contributed by atoms with Gasteiger partial charge in [-0.1, -0.05) is 6.07 Å². The van der Waals surface area contributed by atoms with Gasteiger partial charge < -0.3 is 15.2 Å². The zero-order chi connectivity index (χ0) is 28.2. The first-order valence-electron chi connectivity index (χ1n) is 11.3. The second-order valence-electron chi connectivity index (χ2n) is 8.12. The summed E-state index contributed by atoms with van der Waals surface area (Å²) in [6, 6.07) is 9.15. The summed E-state index contributed by atoms with van der Waals surface area (Å²) in [6.07, 6.45) is 3.56. The first-order chi connectivity index (χ1) is 18.6. The van der Waals surface area contributed by atoms with Crippen molar-refractivity contribution in [1.82, 2.24) is 25.6 Å². The zero-order valence-corrected chi connectivity index (χ0v) is 22.4. The van der Waals surface area contributed by atoms with Crippen LogP contribution in [-0.2, 0) is 14.8 Å². The minimum Gasteiger partial charge on any atom is -0.495 e. The number of hydrazine groups is 1. The minimum absolute atomic E-state index is 0.0480. The van der Waals surface area contributed by atoms with Crippen LogP contribution in [0.25, 0.3) is 10.9 Å². The van der Waals surface area contributed by atoms with Crippen molar-refractivity contribution >= 4 is 61.9 Å². The molecule has 1 atom stereocenters. The van der Waals surface area contributed by atoms with Crippen LogP contribution in [0.5, 0.6) is 5.75 Å². The van der Waals surface area contributed by atoms with Crippen LogP contribution in [0.3, 0.4) is 0 Å². The molecule has 0 amide bonds. The van der Waals surface area contributed by atoms with Gasteiger partial charge in [0.25, 0.3) is 0 Å². The first-order valence-corrected chi connectivity index (χ1v) is 14.3. The number of thioether (sulfide) groups is 1. The number of sulfonamides is 1. The van der Waals surface area contributed by atoms with E-state index in [0.29, 0.717) is 16.8 Å². The number of primary sulfonamides is 1. The van der Waals surface area contributed by atoms with Gasteiger partial charge in [-0.05, 0) is 48.8 Å². The van der Waals surface area contributed by atoms with E-state index in [-0.39, 0.29) is 40.2 Å². The van der Waals surface area contributed by atoms with E-state index in [2.05, 4.69) is 30.9 Å². The van der Waals surface area contributed by atoms with Crippen molar-refractivity contribution in [2.75, 3.05) is 29.4 Å². The maximum absolute atomic E-state index is 14.4. The third-order valence-corrected chi connectivity index (χ3v) is 7.11. The first kappa shape index (κ1) is 28.0. The third-order valence-electron chi connectivity index (χ3n) is 5.53. The van der Waals surface area contributed by atoms with Crippen molar-refractivity contribution in [2.24, 2.45) is 5.14 Å². The number of rotatable bonds is 12. The van der Waals surface area contributed by atoms with Gasteiger partial charge in [-0.3, -0.25) is 9.89 Å². The fourth-order valence-corrected chi connectivity index (χ4v) is 4.87. The number of para-hydroxylation sites is 1. The van der Waals surface area contributed by atoms with E-state index in [1.54, 1.807) is 12.1 Å². The van der Waals surface area contributed by atoms with Gasteiger partial charge in [0, 0.05) is 23.3 Å². The molecule has 39 heavy (non-hydrogen) atoms. The molecule has 206 valence electrons. The number of carboxylic acid groups (broad SMARTS) is 1. The standard InChI is InChI=1S/C23H25FN8O5S2/c1-37-17-7-6-13(12-18(17)39(25,35)36)27-23-26-10-8-19(28-23)32(31-16(22(33)34)9-11-38-2)21-14-4-3-5-15(24)20(14)29-30-21/h3-8,10,12,16,31H,9,11H2,1-2H3,(H,29,30)(H,33,34)(H2,25,35,36)(H,26,27,28)/t16-/m0/s1. The molecule has 16 heteroatoms. The average Bonchev–Trinajstić information content (AvgIpc) is 3.33. The van der Waals surface area contributed by atoms with Crippen molar-refractivity contribution in [2.45, 2.75) is 17.4 Å². The molecule has 2 aromatic heterocycles. The predicted molar refractivity (Wildman–Crippen MR) is 145 cm³/mol. The van der Waals surface area contributed by atoms with Crippen molar-refractivity contribution < 1.29 is 27.4 Å². The van der Waals surface area contributed by atoms with E-state index in [0.717, 1.165) is 0 Å². The maximum atomic E-state index is 14.4. The quantitative estimate of drug-likeness (QED) is 0.155. The van der Waals surface area contributed by atoms with Gasteiger partial charge in [0.2, 0.25) is 16.0 Å². The second-order valence-corrected chi connectivity index (χ2v) is 10.6. The highest BCUT2D eigenvalue weighted by atomic mass is 32.2. The number of benzene rings is 2. The van der Waals surface area contributed by atoms with E-state index >= 15 is 0 Å². The molecule has 4 aromatic rings. The van der Waals surface area contributed by atoms with Gasteiger partial charge in [0.15, 0.2) is 11.6 Å². The van der Waals surface area contributed by atoms with E-state index < -0.39 is 27.9 Å². The summed E-state index contributed by atoms with van der Waals surface area (Å²) in [5, 5.41) is 26.6. The third kappa shape index (κ3) is 6.36. The van der Waals surface area contributed by atoms with Crippen molar-refractivity contribution in [3.8, 4) is 5.75 Å². The van der Waals surface area contributed by atoms with Gasteiger partial charge in [-0.2, -0.15) is 21.8 Å². The number of aliphatic carboxylic acids is 1. The SMILES string of the molecule is COc1ccc(Nc2nccc(N(N[C@@H](CCSC)C(=O)O)c3n[nH]c4c(F)cccc34)n2)cc1S(N)(=O)=O. The average molecular weight is 577 g/mol. The molecular weight excluding hydrogens is 551 g/mol. The zero-order valence-electron chi connectivity index (χ0n) is 20.8. The number of nitrogens with one attached hydrogen (secondary N) is 3. The fourth-order valence-electron chi connectivity index (χ4n) is 3.67. The van der Waals surface area contributed by atoms with Gasteiger partial charge in [-0.15, -0.1) is 0 Å². The van der Waals surface area contributed by atoms with Crippen molar-refractivity contribution in [3.63, 3.8) is 0 Å². The van der Waals surface area contributed by atoms with Crippen LogP contribution in [0.2, 0.25) is 0 Å². The van der Waals surface area contributed by atoms with E-state index in [1.807, 2.05) is 6.26 Å². The van der Waals surface area contributed by atoms with Crippen LogP contribution in [0.1, 0.15) is 6.42 Å². The summed E-state index contributed by atoms with van der Waals surface area (Å²) in [5.74, 6) is -0.581. The summed E-state index contributed by atoms with van der Waals surface area (Å²) < 4.78 is 43.5. The number of methoxy groups -OCH3 is 1. The highest BCUT2D eigenvalue weighted by molar-refractivity contribution is 7.98. The Kier molecular flexibility index (Phi) is 8.49. The molecule has 2 aromatic carbocycles. The molecule has 0 aliphatic heterocycles. The molecule has 0 spiro atoms. The molecule has 0 fully saturated rings. The van der Waals surface area contributed by atoms with Crippen LogP contribution in [0, 0.1) is 5.82 Å². The number of anilines is 4. The number of nitrogens with two attached hydrogens (primary N) is 1. The highest BCUT2D eigenvalue weighted by Crippen LogP contribution is 2.31. The Balaban J connectivity index is 1.75. The van der Waals surface area contributed by atoms with Crippen molar-refractivity contribution in [1.29, 1.82) is 0 Å². The number of hydrogen-bond acceptors (Lipinski definition) is 11. The van der Waals surface area contributed by atoms with Crippen LogP contribution >= 0.6 is 11.8 Å². The Hall–Kier alpha value is -3.99. The number of H-pyrrole nitrogens is 1. The number of carboxylic acids is 1. The Labute approximate surface area is 227 Å². The van der Waals surface area contributed by atoms with E-state index in [9.17, 15) is 22.7 Å². The summed E-state index contributed by atoms with van der Waals surface area (Å²) >= 11 is 1.49. The number of hydrogen-bond donors (Lipinski definition) is 5. The largest absolute Gasteiger partial charge is 0.495 e. The molecule has 0 saturated carbocycles. The predicted octanol–water partition coefficient (Wildman–Crippen LogP) is 2.74. The number of aromatic amines is 1. The Bertz CT molecular complexity index is 1600. The molecule has 0 aliphatic carbocycles. The molecule has 0 unspecified atom stereocenters. The molecule has 0 radical (unpaired) electrons. The monoisotopic (exact) mass is 576 g/mol. The van der Waals surface area contributed by atoms with Crippen molar-refractivity contribution in [3.05, 3.63) is 54.5 Å². The highest BCUT2D eigenvalue weighted by Gasteiger charge is 2.26. The number of carbonyl (C=O) groups is 1. The Morgan fingerprint density at radius 2 is 2.10 bits per heavy atom. The minimum atomic E-state index is -4.09. The molecule has 0 bridgehead atoms. The van der Waals surface area contributed by atoms with Gasteiger partial charge in [0.1, 0.15) is 28.0 Å². The van der Waals surface area contributed by atoms with Crippen LogP contribution in [-0.4, -0.2) is 64.8 Å². The normalized spacial score (nSPS) is 12.3. The van der Waals surface area contributed by atoms with E-state index in [1.165, 1.54) is 60.4 Å². The number of fused-ring (bicyclic) bond motifs is 1. The summed E-state index contributed by atoms with van der Waals surface area (Å²) in [4.78, 5) is 20.4. The lowest BCUT2D eigenvalue weighted by atomic mass is 10.2. The smallest absolute Gasteiger partial charge is 0.322 e. The number of ether oxygens (including phenoxy) is 1. The van der Waals surface area contributed by atoms with Gasteiger partial charge >= 0.3 is 5.97 Å². The maximum Gasteiger partial charge on any atom is 0.322 e. The molecule has 6 N–H and O–H groups in total. The molecule has 0 saturated heterocycles. The molecular formula is C23H25FN8O5S2. The summed E-state index contributed by atoms with van der Waals surface area (Å²) in [5.41, 5.74) is 3.37. The lowest BCUT2D eigenvalue weighted by molar-refractivity contribution is -0.139. The van der Waals surface area contributed by atoms with Gasteiger partial charge in [-0.25, -0.2) is 33.4 Å². The van der Waals surface area contributed by atoms with Crippen LogP contribution < -0.4 is 25.6 Å². The number of aromatic nitrogens is 4. The topological polar surface area (TPSA) is 188 Å². The Morgan fingerprint density at radius 3 is 2.79 bits per heavy atom. The molecule has 2 heterocycles. The molecule has 4 rings (SSSR count). The summed E-state index contributed by atoms with van der Waals surface area (Å²) in [7, 11) is -2.77. The second kappa shape index (κ2) is 11.8. The molecule has 0 aliphatic rings. The Morgan fingerprint density at radius 1 is 1.31 bits per heavy atom. The lowest BCUT2D eigenvalue weighted by Crippen LogP contribution is -2.47. The number of halogens is 1. The van der Waals surface area contributed by atoms with Gasteiger partial charge in [0.05, 0.1) is 7.11 Å². The lowest BCUT2D eigenvalue weighted by Gasteiger charge is -2.26. The van der Waals surface area contributed by atoms with Crippen LogP contribution in [0.4, 0.5) is 27.7 Å². The molecule has 13 nitrogen and oxygen atoms in total. The van der Waals surface area contributed by atoms with Crippen LogP contribution in [0.15, 0.2) is 53.6 Å². The van der Waals surface area contributed by atoms with E-state index in [4.69, 9.17) is 9.88 Å². The fraction of sp³-hybridized carbons (Fsp3) is 0.217. The summed E-state index contributed by atoms with van der Waals surface area (Å²) in [6.45, 7) is 0. The number of nitrogens with zero attached hydrogens (tertiary/aromatic N) is 4.